The average Bonchev–Trinajstić information content (AvgIpc) is 2.89. The zero-order valence-corrected chi connectivity index (χ0v) is 10.0. The van der Waals surface area contributed by atoms with Crippen LogP contribution >= 0.6 is 0 Å². The van der Waals surface area contributed by atoms with Crippen molar-refractivity contribution in [1.29, 1.82) is 0 Å². The molecule has 3 rings (SSSR count). The van der Waals surface area contributed by atoms with Gasteiger partial charge in [0.1, 0.15) is 6.33 Å². The smallest absolute Gasteiger partial charge is 0.228 e. The number of anilines is 1. The van der Waals surface area contributed by atoms with Crippen molar-refractivity contribution < 1.29 is 4.79 Å². The molecule has 0 radical (unpaired) electrons. The molecular weight excluding hydrogens is 242 g/mol. The van der Waals surface area contributed by atoms with Gasteiger partial charge in [-0.05, 0) is 23.8 Å². The third-order valence-electron chi connectivity index (χ3n) is 2.67. The lowest BCUT2D eigenvalue weighted by Gasteiger charge is -2.05. The highest BCUT2D eigenvalue weighted by atomic mass is 16.1. The molecule has 0 aliphatic heterocycles. The van der Waals surface area contributed by atoms with E-state index in [0.717, 1.165) is 5.56 Å². The predicted molar refractivity (Wildman–Crippen MR) is 69.6 cm³/mol. The Bertz CT molecular complexity index is 707. The van der Waals surface area contributed by atoms with Crippen molar-refractivity contribution in [2.24, 2.45) is 0 Å². The van der Waals surface area contributed by atoms with Crippen molar-refractivity contribution in [2.75, 3.05) is 5.32 Å². The van der Waals surface area contributed by atoms with Crippen molar-refractivity contribution in [3.8, 4) is 0 Å². The Kier molecular flexibility index (Phi) is 2.89. The number of amides is 1. The van der Waals surface area contributed by atoms with Gasteiger partial charge < -0.3 is 5.32 Å². The van der Waals surface area contributed by atoms with Crippen molar-refractivity contribution in [2.45, 2.75) is 6.42 Å². The monoisotopic (exact) mass is 253 g/mol. The van der Waals surface area contributed by atoms with Gasteiger partial charge >= 0.3 is 0 Å². The van der Waals surface area contributed by atoms with E-state index in [1.54, 1.807) is 35.2 Å². The van der Waals surface area contributed by atoms with E-state index in [-0.39, 0.29) is 12.3 Å². The fourth-order valence-electron chi connectivity index (χ4n) is 1.83. The summed E-state index contributed by atoms with van der Waals surface area (Å²) in [6.07, 6.45) is 6.86. The van der Waals surface area contributed by atoms with Crippen LogP contribution in [0.1, 0.15) is 5.56 Å². The van der Waals surface area contributed by atoms with Gasteiger partial charge in [-0.25, -0.2) is 9.50 Å². The lowest BCUT2D eigenvalue weighted by Crippen LogP contribution is -2.15. The fraction of sp³-hybridized carbons (Fsp3) is 0.0769. The minimum atomic E-state index is -0.107. The Balaban J connectivity index is 1.78. The van der Waals surface area contributed by atoms with E-state index in [9.17, 15) is 4.79 Å². The largest absolute Gasteiger partial charge is 0.323 e. The fourth-order valence-corrected chi connectivity index (χ4v) is 1.83. The molecule has 1 amide bonds. The minimum Gasteiger partial charge on any atom is -0.323 e. The van der Waals surface area contributed by atoms with E-state index in [2.05, 4.69) is 20.4 Å². The summed E-state index contributed by atoms with van der Waals surface area (Å²) in [6.45, 7) is 0. The van der Waals surface area contributed by atoms with E-state index in [0.29, 0.717) is 11.3 Å². The number of carbonyl (C=O) groups excluding carboxylic acids is 1. The van der Waals surface area contributed by atoms with Crippen molar-refractivity contribution in [1.82, 2.24) is 19.6 Å². The highest BCUT2D eigenvalue weighted by Crippen LogP contribution is 2.13. The lowest BCUT2D eigenvalue weighted by atomic mass is 10.2. The number of nitrogens with zero attached hydrogens (tertiary/aromatic N) is 4. The molecule has 0 aliphatic carbocycles. The second kappa shape index (κ2) is 4.85. The van der Waals surface area contributed by atoms with Gasteiger partial charge in [-0.2, -0.15) is 5.10 Å². The average molecular weight is 253 g/mol. The number of fused-ring (bicyclic) bond motifs is 1. The topological polar surface area (TPSA) is 72.2 Å². The zero-order chi connectivity index (χ0) is 13.1. The molecule has 0 atom stereocenters. The summed E-state index contributed by atoms with van der Waals surface area (Å²) in [4.78, 5) is 20.0. The molecule has 1 N–H and O–H groups in total. The van der Waals surface area contributed by atoms with Gasteiger partial charge in [-0.1, -0.05) is 6.07 Å². The highest BCUT2D eigenvalue weighted by Gasteiger charge is 2.08. The van der Waals surface area contributed by atoms with Gasteiger partial charge in [0.25, 0.3) is 0 Å². The maximum Gasteiger partial charge on any atom is 0.228 e. The van der Waals surface area contributed by atoms with Gasteiger partial charge in [0.05, 0.1) is 12.1 Å². The van der Waals surface area contributed by atoms with Crippen LogP contribution in [0.3, 0.4) is 0 Å². The molecular formula is C13H11N5O. The quantitative estimate of drug-likeness (QED) is 0.763. The van der Waals surface area contributed by atoms with Gasteiger partial charge in [-0.15, -0.1) is 0 Å². The zero-order valence-electron chi connectivity index (χ0n) is 10.0. The van der Waals surface area contributed by atoms with Gasteiger partial charge in [0.2, 0.25) is 5.91 Å². The van der Waals surface area contributed by atoms with E-state index in [4.69, 9.17) is 0 Å². The first-order valence-corrected chi connectivity index (χ1v) is 5.80. The maximum absolute atomic E-state index is 12.0. The van der Waals surface area contributed by atoms with Crippen LogP contribution in [0.2, 0.25) is 0 Å². The Morgan fingerprint density at radius 3 is 3.11 bits per heavy atom. The molecule has 0 saturated carbocycles. The van der Waals surface area contributed by atoms with Crippen LogP contribution in [0.15, 0.2) is 49.2 Å². The first-order chi connectivity index (χ1) is 9.33. The molecule has 6 nitrogen and oxygen atoms in total. The lowest BCUT2D eigenvalue weighted by molar-refractivity contribution is -0.115. The number of hydrogen-bond acceptors (Lipinski definition) is 4. The molecule has 3 aromatic heterocycles. The molecule has 19 heavy (non-hydrogen) atoms. The molecule has 3 heterocycles. The molecule has 6 heteroatoms. The molecule has 0 unspecified atom stereocenters. The third kappa shape index (κ3) is 2.42. The van der Waals surface area contributed by atoms with Crippen LogP contribution in [0.5, 0.6) is 0 Å². The SMILES string of the molecule is O=C(Cc1cccnc1)Nc1cccn2ncnc12. The van der Waals surface area contributed by atoms with Crippen LogP contribution < -0.4 is 5.32 Å². The summed E-state index contributed by atoms with van der Waals surface area (Å²) in [7, 11) is 0. The number of aromatic nitrogens is 4. The highest BCUT2D eigenvalue weighted by molar-refractivity contribution is 5.95. The number of hydrogen-bond donors (Lipinski definition) is 1. The molecule has 0 aliphatic rings. The second-order valence-corrected chi connectivity index (χ2v) is 4.04. The van der Waals surface area contributed by atoms with E-state index >= 15 is 0 Å². The Labute approximate surface area is 109 Å². The molecule has 0 aromatic carbocycles. The van der Waals surface area contributed by atoms with E-state index < -0.39 is 0 Å². The van der Waals surface area contributed by atoms with Crippen LogP contribution in [0.4, 0.5) is 5.69 Å². The molecule has 94 valence electrons. The van der Waals surface area contributed by atoms with Gasteiger partial charge in [0.15, 0.2) is 5.65 Å². The standard InChI is InChI=1S/C13H11N5O/c19-12(7-10-3-1-5-14-8-10)17-11-4-2-6-18-13(11)15-9-16-18/h1-6,8-9H,7H2,(H,17,19). The molecule has 0 saturated heterocycles. The summed E-state index contributed by atoms with van der Waals surface area (Å²) in [5.74, 6) is -0.107. The van der Waals surface area contributed by atoms with E-state index in [1.165, 1.54) is 6.33 Å². The van der Waals surface area contributed by atoms with Gasteiger partial charge in [-0.3, -0.25) is 9.78 Å². The summed E-state index contributed by atoms with van der Waals surface area (Å²) >= 11 is 0. The Morgan fingerprint density at radius 1 is 1.32 bits per heavy atom. The van der Waals surface area contributed by atoms with Crippen LogP contribution in [0, 0.1) is 0 Å². The number of nitrogens with one attached hydrogen (secondary N) is 1. The normalized spacial score (nSPS) is 10.5. The van der Waals surface area contributed by atoms with Crippen LogP contribution in [-0.2, 0) is 11.2 Å². The number of carbonyl (C=O) groups is 1. The first-order valence-electron chi connectivity index (χ1n) is 5.80. The summed E-state index contributed by atoms with van der Waals surface area (Å²) in [5, 5.41) is 6.84. The molecule has 0 spiro atoms. The Hall–Kier alpha value is -2.76. The summed E-state index contributed by atoms with van der Waals surface area (Å²) < 4.78 is 1.61. The molecule has 0 fully saturated rings. The second-order valence-electron chi connectivity index (χ2n) is 4.04. The maximum atomic E-state index is 12.0. The summed E-state index contributed by atoms with van der Waals surface area (Å²) in [5.41, 5.74) is 2.14. The van der Waals surface area contributed by atoms with Gasteiger partial charge in [0, 0.05) is 18.6 Å². The minimum absolute atomic E-state index is 0.107. The predicted octanol–water partition coefficient (Wildman–Crippen LogP) is 1.31. The molecule has 0 bridgehead atoms. The Morgan fingerprint density at radius 2 is 2.26 bits per heavy atom. The van der Waals surface area contributed by atoms with Crippen molar-refractivity contribution in [3.05, 3.63) is 54.7 Å². The van der Waals surface area contributed by atoms with Crippen LogP contribution in [0.25, 0.3) is 5.65 Å². The molecule has 3 aromatic rings. The number of pyridine rings is 2. The third-order valence-corrected chi connectivity index (χ3v) is 2.67. The van der Waals surface area contributed by atoms with Crippen molar-refractivity contribution in [3.63, 3.8) is 0 Å². The van der Waals surface area contributed by atoms with Crippen molar-refractivity contribution >= 4 is 17.2 Å². The van der Waals surface area contributed by atoms with Crippen LogP contribution in [-0.4, -0.2) is 25.5 Å². The van der Waals surface area contributed by atoms with E-state index in [1.807, 2.05) is 12.1 Å². The summed E-state index contributed by atoms with van der Waals surface area (Å²) in [6, 6.07) is 7.28. The number of rotatable bonds is 3. The first kappa shape index (κ1) is 11.3.